The van der Waals surface area contributed by atoms with E-state index in [2.05, 4.69) is 14.7 Å². The third kappa shape index (κ3) is 3.47. The van der Waals surface area contributed by atoms with Gasteiger partial charge in [0.25, 0.3) is 11.5 Å². The lowest BCUT2D eigenvalue weighted by Gasteiger charge is -2.21. The monoisotopic (exact) mass is 354 g/mol. The van der Waals surface area contributed by atoms with E-state index in [1.807, 2.05) is 6.92 Å². The predicted octanol–water partition coefficient (Wildman–Crippen LogP) is 3.10. The average Bonchev–Trinajstić information content (AvgIpc) is 3.05. The number of furan rings is 1. The van der Waals surface area contributed by atoms with E-state index in [1.54, 1.807) is 0 Å². The summed E-state index contributed by atoms with van der Waals surface area (Å²) in [6.07, 6.45) is -1.02. The van der Waals surface area contributed by atoms with Crippen molar-refractivity contribution in [3.05, 3.63) is 56.4 Å². The Bertz CT molecular complexity index is 865. The zero-order chi connectivity index (χ0) is 18.2. The minimum atomic E-state index is -4.65. The maximum atomic E-state index is 12.5. The second-order valence-corrected chi connectivity index (χ2v) is 6.07. The van der Waals surface area contributed by atoms with Crippen LogP contribution in [-0.2, 0) is 25.6 Å². The number of aromatic nitrogens is 1. The smallest absolute Gasteiger partial charge is 0.446 e. The Balaban J connectivity index is 1.79. The van der Waals surface area contributed by atoms with Crippen LogP contribution in [0.5, 0.6) is 0 Å². The van der Waals surface area contributed by atoms with Gasteiger partial charge in [0.05, 0.1) is 0 Å². The molecule has 2 aromatic rings. The number of amides is 1. The first kappa shape index (κ1) is 17.3. The highest BCUT2D eigenvalue weighted by atomic mass is 19.4. The van der Waals surface area contributed by atoms with Crippen LogP contribution in [0.15, 0.2) is 21.3 Å². The summed E-state index contributed by atoms with van der Waals surface area (Å²) < 4.78 is 42.1. The van der Waals surface area contributed by atoms with Crippen LogP contribution >= 0.6 is 0 Å². The molecule has 0 unspecified atom stereocenters. The zero-order valence-electron chi connectivity index (χ0n) is 13.5. The van der Waals surface area contributed by atoms with Crippen molar-refractivity contribution in [2.75, 3.05) is 0 Å². The summed E-state index contributed by atoms with van der Waals surface area (Å²) >= 11 is 0. The van der Waals surface area contributed by atoms with Crippen molar-refractivity contribution < 1.29 is 22.4 Å². The van der Waals surface area contributed by atoms with E-state index in [0.717, 1.165) is 48.6 Å². The zero-order valence-corrected chi connectivity index (χ0v) is 13.5. The Hall–Kier alpha value is -2.51. The highest BCUT2D eigenvalue weighted by molar-refractivity contribution is 5.91. The van der Waals surface area contributed by atoms with E-state index in [-0.39, 0.29) is 12.1 Å². The number of aryl methyl sites for hydroxylation is 1. The SMILES string of the molecule is Cc1[nH]c(=O)c(CNC(=O)c2ccc(C(F)(F)F)o2)c2c1CCCC2. The molecule has 2 N–H and O–H groups in total. The van der Waals surface area contributed by atoms with E-state index in [9.17, 15) is 22.8 Å². The molecule has 1 aliphatic carbocycles. The molecule has 0 aromatic carbocycles. The molecule has 2 heterocycles. The summed E-state index contributed by atoms with van der Waals surface area (Å²) in [7, 11) is 0. The Morgan fingerprint density at radius 1 is 1.24 bits per heavy atom. The van der Waals surface area contributed by atoms with Crippen molar-refractivity contribution in [2.24, 2.45) is 0 Å². The summed E-state index contributed by atoms with van der Waals surface area (Å²) in [5.41, 5.74) is 3.02. The van der Waals surface area contributed by atoms with E-state index in [4.69, 9.17) is 0 Å². The summed E-state index contributed by atoms with van der Waals surface area (Å²) in [5.74, 6) is -2.46. The standard InChI is InChI=1S/C17H17F3N2O3/c1-9-10-4-2-3-5-11(10)12(15(23)22-9)8-21-16(24)13-6-7-14(25-13)17(18,19)20/h6-7H,2-5,8H2,1H3,(H,21,24)(H,22,23). The van der Waals surface area contributed by atoms with Crippen LogP contribution in [0.2, 0.25) is 0 Å². The molecule has 0 atom stereocenters. The highest BCUT2D eigenvalue weighted by Crippen LogP contribution is 2.30. The fourth-order valence-corrected chi connectivity index (χ4v) is 3.17. The molecule has 0 saturated heterocycles. The molecule has 0 aliphatic heterocycles. The molecule has 0 spiro atoms. The van der Waals surface area contributed by atoms with E-state index in [1.165, 1.54) is 0 Å². The lowest BCUT2D eigenvalue weighted by molar-refractivity contribution is -0.153. The van der Waals surface area contributed by atoms with Crippen LogP contribution in [0.4, 0.5) is 13.2 Å². The van der Waals surface area contributed by atoms with Gasteiger partial charge in [-0.05, 0) is 55.9 Å². The van der Waals surface area contributed by atoms with Gasteiger partial charge >= 0.3 is 6.18 Å². The minimum Gasteiger partial charge on any atom is -0.446 e. The molecule has 8 heteroatoms. The predicted molar refractivity (Wildman–Crippen MR) is 83.3 cm³/mol. The number of H-pyrrole nitrogens is 1. The third-order valence-corrected chi connectivity index (χ3v) is 4.39. The van der Waals surface area contributed by atoms with Gasteiger partial charge in [-0.2, -0.15) is 13.2 Å². The number of hydrogen-bond acceptors (Lipinski definition) is 3. The quantitative estimate of drug-likeness (QED) is 0.889. The van der Waals surface area contributed by atoms with Gasteiger partial charge in [-0.3, -0.25) is 9.59 Å². The van der Waals surface area contributed by atoms with Crippen molar-refractivity contribution in [1.82, 2.24) is 10.3 Å². The normalized spacial score (nSPS) is 14.2. The molecule has 1 aliphatic rings. The number of hydrogen-bond donors (Lipinski definition) is 2. The summed E-state index contributed by atoms with van der Waals surface area (Å²) in [5, 5.41) is 2.47. The number of carbonyl (C=O) groups excluding carboxylic acids is 1. The van der Waals surface area contributed by atoms with Crippen LogP contribution in [-0.4, -0.2) is 10.9 Å². The number of fused-ring (bicyclic) bond motifs is 1. The van der Waals surface area contributed by atoms with Gasteiger partial charge in [-0.1, -0.05) is 0 Å². The topological polar surface area (TPSA) is 75.1 Å². The lowest BCUT2D eigenvalue weighted by Crippen LogP contribution is -2.30. The van der Waals surface area contributed by atoms with Gasteiger partial charge in [-0.25, -0.2) is 0 Å². The molecule has 0 bridgehead atoms. The summed E-state index contributed by atoms with van der Waals surface area (Å²) in [6.45, 7) is 1.79. The van der Waals surface area contributed by atoms with Crippen LogP contribution in [0.25, 0.3) is 0 Å². The lowest BCUT2D eigenvalue weighted by atomic mass is 9.88. The van der Waals surface area contributed by atoms with Gasteiger partial charge in [0.15, 0.2) is 5.76 Å². The van der Waals surface area contributed by atoms with E-state index >= 15 is 0 Å². The number of carbonyl (C=O) groups is 1. The first-order chi connectivity index (χ1) is 11.8. The fourth-order valence-electron chi connectivity index (χ4n) is 3.17. The number of pyridine rings is 1. The summed E-state index contributed by atoms with van der Waals surface area (Å²) in [6, 6.07) is 1.67. The molecular weight excluding hydrogens is 337 g/mol. The number of halogens is 3. The number of nitrogens with one attached hydrogen (secondary N) is 2. The second kappa shape index (κ2) is 6.42. The van der Waals surface area contributed by atoms with Gasteiger partial charge in [0.1, 0.15) is 0 Å². The maximum absolute atomic E-state index is 12.5. The molecule has 0 saturated carbocycles. The Morgan fingerprint density at radius 3 is 2.56 bits per heavy atom. The molecule has 1 amide bonds. The van der Waals surface area contributed by atoms with Gasteiger partial charge < -0.3 is 14.7 Å². The molecular formula is C17H17F3N2O3. The van der Waals surface area contributed by atoms with Crippen LogP contribution in [0.1, 0.15) is 51.5 Å². The molecule has 134 valence electrons. The number of alkyl halides is 3. The van der Waals surface area contributed by atoms with Crippen molar-refractivity contribution in [3.8, 4) is 0 Å². The van der Waals surface area contributed by atoms with Crippen molar-refractivity contribution in [1.29, 1.82) is 0 Å². The molecule has 5 nitrogen and oxygen atoms in total. The largest absolute Gasteiger partial charge is 0.449 e. The minimum absolute atomic E-state index is 0.0567. The van der Waals surface area contributed by atoms with Crippen molar-refractivity contribution in [2.45, 2.75) is 45.3 Å². The third-order valence-electron chi connectivity index (χ3n) is 4.39. The first-order valence-electron chi connectivity index (χ1n) is 7.96. The van der Waals surface area contributed by atoms with Crippen molar-refractivity contribution >= 4 is 5.91 Å². The van der Waals surface area contributed by atoms with Crippen LogP contribution in [0, 0.1) is 6.92 Å². The van der Waals surface area contributed by atoms with Gasteiger partial charge in [0, 0.05) is 17.8 Å². The van der Waals surface area contributed by atoms with Crippen LogP contribution < -0.4 is 10.9 Å². The second-order valence-electron chi connectivity index (χ2n) is 6.07. The molecule has 2 aromatic heterocycles. The summed E-state index contributed by atoms with van der Waals surface area (Å²) in [4.78, 5) is 27.0. The molecule has 3 rings (SSSR count). The number of aromatic amines is 1. The van der Waals surface area contributed by atoms with Gasteiger partial charge in [-0.15, -0.1) is 0 Å². The Kier molecular flexibility index (Phi) is 4.45. The number of rotatable bonds is 3. The molecule has 0 fully saturated rings. The Labute approximate surface area is 141 Å². The first-order valence-corrected chi connectivity index (χ1v) is 7.96. The maximum Gasteiger partial charge on any atom is 0.449 e. The van der Waals surface area contributed by atoms with Gasteiger partial charge in [0.2, 0.25) is 5.76 Å². The molecule has 25 heavy (non-hydrogen) atoms. The molecule has 0 radical (unpaired) electrons. The van der Waals surface area contributed by atoms with Crippen molar-refractivity contribution in [3.63, 3.8) is 0 Å². The highest BCUT2D eigenvalue weighted by Gasteiger charge is 2.35. The fraction of sp³-hybridized carbons (Fsp3) is 0.412. The Morgan fingerprint density at radius 2 is 1.92 bits per heavy atom. The van der Waals surface area contributed by atoms with Crippen LogP contribution in [0.3, 0.4) is 0 Å². The average molecular weight is 354 g/mol. The van der Waals surface area contributed by atoms with E-state index in [0.29, 0.717) is 11.6 Å². The van der Waals surface area contributed by atoms with E-state index < -0.39 is 23.6 Å².